The zero-order valence-electron chi connectivity index (χ0n) is 10.4. The third kappa shape index (κ3) is 2.61. The fourth-order valence-electron chi connectivity index (χ4n) is 1.73. The van der Waals surface area contributed by atoms with Gasteiger partial charge in [-0.1, -0.05) is 11.6 Å². The largest absolute Gasteiger partial charge is 0.493 e. The minimum Gasteiger partial charge on any atom is -0.493 e. The highest BCUT2D eigenvalue weighted by atomic mass is 32.1. The van der Waals surface area contributed by atoms with Gasteiger partial charge in [0.25, 0.3) is 0 Å². The second kappa shape index (κ2) is 5.23. The summed E-state index contributed by atoms with van der Waals surface area (Å²) < 4.78 is 5.68. The molecule has 2 aromatic rings. The topological polar surface area (TPSA) is 21.3 Å². The van der Waals surface area contributed by atoms with E-state index < -0.39 is 0 Å². The average molecular weight is 247 g/mol. The summed E-state index contributed by atoms with van der Waals surface area (Å²) in [4.78, 5) is 1.24. The van der Waals surface area contributed by atoms with E-state index in [1.807, 2.05) is 20.0 Å². The van der Waals surface area contributed by atoms with Gasteiger partial charge in [-0.3, -0.25) is 0 Å². The summed E-state index contributed by atoms with van der Waals surface area (Å²) in [6, 6.07) is 10.5. The molecule has 0 aliphatic heterocycles. The number of thiophene rings is 1. The minimum atomic E-state index is 0.695. The van der Waals surface area contributed by atoms with Crippen LogP contribution in [0.2, 0.25) is 0 Å². The number of rotatable bonds is 4. The standard InChI is InChI=1S/C14H17NOS/c1-4-16-12-6-5-10(2)9-11(12)13-7-8-14(15-3)17-13/h5-9,15H,4H2,1-3H3. The Morgan fingerprint density at radius 1 is 1.24 bits per heavy atom. The molecule has 1 aromatic carbocycles. The number of hydrogen-bond donors (Lipinski definition) is 1. The molecule has 1 heterocycles. The molecular formula is C14H17NOS. The van der Waals surface area contributed by atoms with Gasteiger partial charge in [-0.25, -0.2) is 0 Å². The normalized spacial score (nSPS) is 10.3. The van der Waals surface area contributed by atoms with Crippen LogP contribution in [-0.4, -0.2) is 13.7 Å². The highest BCUT2D eigenvalue weighted by Gasteiger charge is 2.09. The molecule has 90 valence electrons. The molecule has 0 fully saturated rings. The zero-order chi connectivity index (χ0) is 12.3. The van der Waals surface area contributed by atoms with Crippen LogP contribution in [0.15, 0.2) is 30.3 Å². The maximum absolute atomic E-state index is 5.68. The Labute approximate surface area is 106 Å². The van der Waals surface area contributed by atoms with Crippen LogP contribution in [0.25, 0.3) is 10.4 Å². The third-order valence-corrected chi connectivity index (χ3v) is 3.69. The summed E-state index contributed by atoms with van der Waals surface area (Å²) in [5.41, 5.74) is 2.43. The van der Waals surface area contributed by atoms with Gasteiger partial charge in [-0.05, 0) is 38.1 Å². The van der Waals surface area contributed by atoms with Gasteiger partial charge in [0, 0.05) is 17.5 Å². The van der Waals surface area contributed by atoms with Crippen LogP contribution in [0, 0.1) is 6.92 Å². The first kappa shape index (κ1) is 12.0. The van der Waals surface area contributed by atoms with Crippen molar-refractivity contribution < 1.29 is 4.74 Å². The Balaban J connectivity index is 2.44. The molecule has 2 nitrogen and oxygen atoms in total. The first-order valence-electron chi connectivity index (χ1n) is 5.76. The SMILES string of the molecule is CCOc1ccc(C)cc1-c1ccc(NC)s1. The van der Waals surface area contributed by atoms with Gasteiger partial charge in [0.15, 0.2) is 0 Å². The Kier molecular flexibility index (Phi) is 3.69. The summed E-state index contributed by atoms with van der Waals surface area (Å²) in [5.74, 6) is 0.961. The van der Waals surface area contributed by atoms with Gasteiger partial charge in [0.1, 0.15) is 5.75 Å². The van der Waals surface area contributed by atoms with Crippen LogP contribution in [0.4, 0.5) is 5.00 Å². The lowest BCUT2D eigenvalue weighted by Crippen LogP contribution is -1.93. The fourth-order valence-corrected chi connectivity index (χ4v) is 2.62. The maximum atomic E-state index is 5.68. The summed E-state index contributed by atoms with van der Waals surface area (Å²) in [5, 5.41) is 4.33. The van der Waals surface area contributed by atoms with Crippen LogP contribution in [-0.2, 0) is 0 Å². The highest BCUT2D eigenvalue weighted by molar-refractivity contribution is 7.19. The molecule has 0 aliphatic carbocycles. The Bertz CT molecular complexity index is 505. The molecule has 1 aromatic heterocycles. The number of anilines is 1. The van der Waals surface area contributed by atoms with Crippen molar-refractivity contribution in [3.05, 3.63) is 35.9 Å². The summed E-state index contributed by atoms with van der Waals surface area (Å²) in [6.07, 6.45) is 0. The quantitative estimate of drug-likeness (QED) is 0.875. The van der Waals surface area contributed by atoms with Gasteiger partial charge < -0.3 is 10.1 Å². The molecule has 0 bridgehead atoms. The molecule has 0 unspecified atom stereocenters. The minimum absolute atomic E-state index is 0.695. The lowest BCUT2D eigenvalue weighted by Gasteiger charge is -2.09. The molecule has 17 heavy (non-hydrogen) atoms. The van der Waals surface area contributed by atoms with Crippen molar-refractivity contribution in [2.75, 3.05) is 19.0 Å². The second-order valence-corrected chi connectivity index (χ2v) is 4.93. The molecule has 0 atom stereocenters. The maximum Gasteiger partial charge on any atom is 0.127 e. The lowest BCUT2D eigenvalue weighted by atomic mass is 10.1. The second-order valence-electron chi connectivity index (χ2n) is 3.85. The van der Waals surface area contributed by atoms with Crippen molar-refractivity contribution in [3.63, 3.8) is 0 Å². The van der Waals surface area contributed by atoms with Crippen LogP contribution in [0.1, 0.15) is 12.5 Å². The molecule has 0 amide bonds. The Morgan fingerprint density at radius 3 is 2.71 bits per heavy atom. The van der Waals surface area contributed by atoms with Crippen LogP contribution in [0.3, 0.4) is 0 Å². The van der Waals surface area contributed by atoms with E-state index in [-0.39, 0.29) is 0 Å². The number of ether oxygens (including phenoxy) is 1. The molecule has 0 saturated heterocycles. The third-order valence-electron chi connectivity index (χ3n) is 2.55. The number of aryl methyl sites for hydroxylation is 1. The molecule has 0 aliphatic rings. The summed E-state index contributed by atoms with van der Waals surface area (Å²) in [6.45, 7) is 4.81. The van der Waals surface area contributed by atoms with E-state index in [2.05, 4.69) is 36.5 Å². The monoisotopic (exact) mass is 247 g/mol. The molecule has 0 spiro atoms. The smallest absolute Gasteiger partial charge is 0.127 e. The van der Waals surface area contributed by atoms with Gasteiger partial charge in [0.2, 0.25) is 0 Å². The first-order chi connectivity index (χ1) is 8.24. The molecule has 3 heteroatoms. The van der Waals surface area contributed by atoms with Crippen molar-refractivity contribution in [3.8, 4) is 16.2 Å². The predicted molar refractivity (Wildman–Crippen MR) is 75.2 cm³/mol. The van der Waals surface area contributed by atoms with Crippen molar-refractivity contribution in [2.24, 2.45) is 0 Å². The van der Waals surface area contributed by atoms with Crippen LogP contribution >= 0.6 is 11.3 Å². The zero-order valence-corrected chi connectivity index (χ0v) is 11.2. The van der Waals surface area contributed by atoms with Crippen molar-refractivity contribution in [2.45, 2.75) is 13.8 Å². The van der Waals surface area contributed by atoms with E-state index in [9.17, 15) is 0 Å². The van der Waals surface area contributed by atoms with Gasteiger partial charge in [0.05, 0.1) is 11.6 Å². The Morgan fingerprint density at radius 2 is 2.06 bits per heavy atom. The van der Waals surface area contributed by atoms with E-state index in [0.717, 1.165) is 5.75 Å². The van der Waals surface area contributed by atoms with Crippen molar-refractivity contribution >= 4 is 16.3 Å². The van der Waals surface area contributed by atoms with Crippen LogP contribution < -0.4 is 10.1 Å². The van der Waals surface area contributed by atoms with E-state index >= 15 is 0 Å². The van der Waals surface area contributed by atoms with Gasteiger partial charge >= 0.3 is 0 Å². The van der Waals surface area contributed by atoms with Gasteiger partial charge in [-0.15, -0.1) is 11.3 Å². The van der Waals surface area contributed by atoms with E-state index in [1.165, 1.54) is 21.0 Å². The van der Waals surface area contributed by atoms with E-state index in [4.69, 9.17) is 4.74 Å². The number of nitrogens with one attached hydrogen (secondary N) is 1. The highest BCUT2D eigenvalue weighted by Crippen LogP contribution is 2.37. The fraction of sp³-hybridized carbons (Fsp3) is 0.286. The molecule has 1 N–H and O–H groups in total. The molecular weight excluding hydrogens is 230 g/mol. The van der Waals surface area contributed by atoms with Crippen molar-refractivity contribution in [1.29, 1.82) is 0 Å². The number of hydrogen-bond acceptors (Lipinski definition) is 3. The number of benzene rings is 1. The van der Waals surface area contributed by atoms with Crippen LogP contribution in [0.5, 0.6) is 5.75 Å². The Hall–Kier alpha value is -1.48. The predicted octanol–water partition coefficient (Wildman–Crippen LogP) is 4.16. The van der Waals surface area contributed by atoms with Gasteiger partial charge in [-0.2, -0.15) is 0 Å². The molecule has 2 rings (SSSR count). The molecule has 0 saturated carbocycles. The van der Waals surface area contributed by atoms with Crippen molar-refractivity contribution in [1.82, 2.24) is 0 Å². The lowest BCUT2D eigenvalue weighted by molar-refractivity contribution is 0.341. The summed E-state index contributed by atoms with van der Waals surface area (Å²) >= 11 is 1.74. The average Bonchev–Trinajstić information content (AvgIpc) is 2.80. The first-order valence-corrected chi connectivity index (χ1v) is 6.57. The summed E-state index contributed by atoms with van der Waals surface area (Å²) in [7, 11) is 1.94. The van der Waals surface area contributed by atoms with E-state index in [0.29, 0.717) is 6.61 Å². The van der Waals surface area contributed by atoms with E-state index in [1.54, 1.807) is 11.3 Å². The molecule has 0 radical (unpaired) electrons.